The molecule has 0 radical (unpaired) electrons. The number of amides is 1. The summed E-state index contributed by atoms with van der Waals surface area (Å²) < 4.78 is 14.0. The van der Waals surface area contributed by atoms with E-state index in [4.69, 9.17) is 11.6 Å². The van der Waals surface area contributed by atoms with Gasteiger partial charge in [-0.15, -0.1) is 0 Å². The molecular weight excluding hydrogens is 427 g/mol. The van der Waals surface area contributed by atoms with Crippen LogP contribution in [-0.4, -0.2) is 63.4 Å². The standard InChI is InChI=1S/C21H24ClFN4O2S/c1-13-20(14(2)28)21(25-15(3)24-13)30-12-19(29)27-9-7-26(8-10-27)11-16-17(22)5-4-6-18(16)23/h4-6H,7-12H2,1-3H3. The van der Waals surface area contributed by atoms with Crippen LogP contribution in [0.4, 0.5) is 4.39 Å². The minimum absolute atomic E-state index is 0.00741. The summed E-state index contributed by atoms with van der Waals surface area (Å²) in [6.07, 6.45) is 0. The molecule has 0 N–H and O–H groups in total. The number of piperazine rings is 1. The Bertz CT molecular complexity index is 944. The van der Waals surface area contributed by atoms with Gasteiger partial charge in [-0.2, -0.15) is 0 Å². The lowest BCUT2D eigenvalue weighted by atomic mass is 10.2. The number of hydrogen-bond acceptors (Lipinski definition) is 6. The van der Waals surface area contributed by atoms with Gasteiger partial charge in [0.1, 0.15) is 16.7 Å². The number of halogens is 2. The van der Waals surface area contributed by atoms with Crippen molar-refractivity contribution in [3.63, 3.8) is 0 Å². The summed E-state index contributed by atoms with van der Waals surface area (Å²) in [6.45, 7) is 7.86. The van der Waals surface area contributed by atoms with Gasteiger partial charge in [0.2, 0.25) is 5.91 Å². The van der Waals surface area contributed by atoms with Gasteiger partial charge >= 0.3 is 0 Å². The molecule has 1 fully saturated rings. The van der Waals surface area contributed by atoms with Crippen LogP contribution in [0.1, 0.15) is 34.4 Å². The van der Waals surface area contributed by atoms with Crippen LogP contribution in [0.15, 0.2) is 23.2 Å². The maximum absolute atomic E-state index is 14.0. The normalized spacial score (nSPS) is 14.8. The van der Waals surface area contributed by atoms with Crippen LogP contribution < -0.4 is 0 Å². The summed E-state index contributed by atoms with van der Waals surface area (Å²) in [5.74, 6) is 0.354. The molecule has 2 aromatic rings. The predicted molar refractivity (Wildman–Crippen MR) is 116 cm³/mol. The SMILES string of the molecule is CC(=O)c1c(C)nc(C)nc1SCC(=O)N1CCN(Cc2c(F)cccc2Cl)CC1. The molecule has 30 heavy (non-hydrogen) atoms. The zero-order valence-corrected chi connectivity index (χ0v) is 18.8. The van der Waals surface area contributed by atoms with Gasteiger partial charge in [-0.3, -0.25) is 14.5 Å². The van der Waals surface area contributed by atoms with E-state index in [1.807, 2.05) is 0 Å². The third-order valence-corrected chi connectivity index (χ3v) is 6.34. The van der Waals surface area contributed by atoms with E-state index in [-0.39, 0.29) is 23.3 Å². The quantitative estimate of drug-likeness (QED) is 0.381. The van der Waals surface area contributed by atoms with Gasteiger partial charge in [0, 0.05) is 43.3 Å². The Hall–Kier alpha value is -2.03. The molecule has 2 heterocycles. The third-order valence-electron chi connectivity index (χ3n) is 5.02. The summed E-state index contributed by atoms with van der Waals surface area (Å²) in [7, 11) is 0. The first-order chi connectivity index (χ1) is 14.3. The number of hydrogen-bond donors (Lipinski definition) is 0. The molecule has 1 aromatic carbocycles. The number of Topliss-reactive ketones (excluding diaryl/α,β-unsaturated/α-hetero) is 1. The van der Waals surface area contributed by atoms with Crippen LogP contribution in [0, 0.1) is 19.7 Å². The highest BCUT2D eigenvalue weighted by molar-refractivity contribution is 8.00. The Kier molecular flexibility index (Phi) is 7.44. The first kappa shape index (κ1) is 22.7. The van der Waals surface area contributed by atoms with Gasteiger partial charge in [0.05, 0.1) is 17.0 Å². The van der Waals surface area contributed by atoms with Crippen molar-refractivity contribution < 1.29 is 14.0 Å². The second-order valence-electron chi connectivity index (χ2n) is 7.24. The smallest absolute Gasteiger partial charge is 0.233 e. The van der Waals surface area contributed by atoms with E-state index < -0.39 is 0 Å². The molecular formula is C21H24ClFN4O2S. The van der Waals surface area contributed by atoms with Crippen LogP contribution in [0.25, 0.3) is 0 Å². The average Bonchev–Trinajstić information content (AvgIpc) is 2.68. The summed E-state index contributed by atoms with van der Waals surface area (Å²) in [6, 6.07) is 4.68. The molecule has 0 unspecified atom stereocenters. The summed E-state index contributed by atoms with van der Waals surface area (Å²) >= 11 is 7.39. The van der Waals surface area contributed by atoms with Crippen molar-refractivity contribution in [2.75, 3.05) is 31.9 Å². The van der Waals surface area contributed by atoms with Crippen LogP contribution in [0.2, 0.25) is 5.02 Å². The fourth-order valence-electron chi connectivity index (χ4n) is 3.47. The lowest BCUT2D eigenvalue weighted by Gasteiger charge is -2.35. The van der Waals surface area contributed by atoms with Gasteiger partial charge in [-0.1, -0.05) is 29.4 Å². The summed E-state index contributed by atoms with van der Waals surface area (Å²) in [5.41, 5.74) is 1.59. The number of rotatable bonds is 6. The highest BCUT2D eigenvalue weighted by Gasteiger charge is 2.23. The Morgan fingerprint density at radius 1 is 1.17 bits per heavy atom. The Morgan fingerprint density at radius 2 is 1.87 bits per heavy atom. The van der Waals surface area contributed by atoms with Crippen molar-refractivity contribution in [2.45, 2.75) is 32.3 Å². The highest BCUT2D eigenvalue weighted by atomic mass is 35.5. The molecule has 6 nitrogen and oxygen atoms in total. The number of aryl methyl sites for hydroxylation is 2. The highest BCUT2D eigenvalue weighted by Crippen LogP contribution is 2.24. The zero-order chi connectivity index (χ0) is 21.8. The Labute approximate surface area is 184 Å². The molecule has 1 aliphatic rings. The second-order valence-corrected chi connectivity index (χ2v) is 8.61. The topological polar surface area (TPSA) is 66.4 Å². The van der Waals surface area contributed by atoms with E-state index in [1.54, 1.807) is 30.9 Å². The third kappa shape index (κ3) is 5.36. The average molecular weight is 451 g/mol. The van der Waals surface area contributed by atoms with Gasteiger partial charge in [-0.25, -0.2) is 14.4 Å². The number of benzene rings is 1. The van der Waals surface area contributed by atoms with Crippen LogP contribution in [-0.2, 0) is 11.3 Å². The molecule has 3 rings (SSSR count). The first-order valence-corrected chi connectivity index (χ1v) is 11.0. The van der Waals surface area contributed by atoms with E-state index in [0.717, 1.165) is 0 Å². The van der Waals surface area contributed by atoms with Crippen LogP contribution in [0.3, 0.4) is 0 Å². The first-order valence-electron chi connectivity index (χ1n) is 9.68. The summed E-state index contributed by atoms with van der Waals surface area (Å²) in [4.78, 5) is 37.1. The minimum Gasteiger partial charge on any atom is -0.339 e. The molecule has 0 atom stereocenters. The van der Waals surface area contributed by atoms with Crippen LogP contribution in [0.5, 0.6) is 0 Å². The zero-order valence-electron chi connectivity index (χ0n) is 17.2. The Balaban J connectivity index is 1.56. The molecule has 9 heteroatoms. The van der Waals surface area contributed by atoms with Gasteiger partial charge in [-0.05, 0) is 32.9 Å². The van der Waals surface area contributed by atoms with E-state index >= 15 is 0 Å². The van der Waals surface area contributed by atoms with Crippen molar-refractivity contribution in [3.8, 4) is 0 Å². The number of thioether (sulfide) groups is 1. The second kappa shape index (κ2) is 9.85. The largest absolute Gasteiger partial charge is 0.339 e. The minimum atomic E-state index is -0.311. The van der Waals surface area contributed by atoms with Gasteiger partial charge in [0.15, 0.2) is 5.78 Å². The van der Waals surface area contributed by atoms with E-state index in [2.05, 4.69) is 14.9 Å². The van der Waals surface area contributed by atoms with Crippen molar-refractivity contribution in [3.05, 3.63) is 51.7 Å². The fraction of sp³-hybridized carbons (Fsp3) is 0.429. The van der Waals surface area contributed by atoms with Crippen molar-refractivity contribution in [2.24, 2.45) is 0 Å². The lowest BCUT2D eigenvalue weighted by molar-refractivity contribution is -0.130. The lowest BCUT2D eigenvalue weighted by Crippen LogP contribution is -2.48. The molecule has 1 aromatic heterocycles. The van der Waals surface area contributed by atoms with Crippen LogP contribution >= 0.6 is 23.4 Å². The fourth-order valence-corrected chi connectivity index (χ4v) is 4.77. The Morgan fingerprint density at radius 3 is 2.50 bits per heavy atom. The monoisotopic (exact) mass is 450 g/mol. The molecule has 0 saturated carbocycles. The van der Waals surface area contributed by atoms with E-state index in [1.165, 1.54) is 24.8 Å². The van der Waals surface area contributed by atoms with Crippen molar-refractivity contribution in [1.29, 1.82) is 0 Å². The molecule has 0 aliphatic carbocycles. The van der Waals surface area contributed by atoms with Gasteiger partial charge < -0.3 is 4.90 Å². The maximum Gasteiger partial charge on any atom is 0.233 e. The molecule has 1 amide bonds. The molecule has 160 valence electrons. The molecule has 1 aliphatic heterocycles. The van der Waals surface area contributed by atoms with E-state index in [9.17, 15) is 14.0 Å². The number of carbonyl (C=O) groups excluding carboxylic acids is 2. The van der Waals surface area contributed by atoms with Crippen molar-refractivity contribution >= 4 is 35.1 Å². The number of aromatic nitrogens is 2. The molecule has 1 saturated heterocycles. The maximum atomic E-state index is 14.0. The van der Waals surface area contributed by atoms with Gasteiger partial charge in [0.25, 0.3) is 0 Å². The predicted octanol–water partition coefficient (Wildman–Crippen LogP) is 3.53. The number of nitrogens with zero attached hydrogens (tertiary/aromatic N) is 4. The molecule has 0 bridgehead atoms. The van der Waals surface area contributed by atoms with Crippen molar-refractivity contribution in [1.82, 2.24) is 19.8 Å². The molecule has 0 spiro atoms. The number of carbonyl (C=O) groups is 2. The summed E-state index contributed by atoms with van der Waals surface area (Å²) in [5, 5.41) is 0.968. The van der Waals surface area contributed by atoms with E-state index in [0.29, 0.717) is 65.4 Å². The number of ketones is 1.